The van der Waals surface area contributed by atoms with E-state index in [4.69, 9.17) is 0 Å². The van der Waals surface area contributed by atoms with Crippen LogP contribution in [0.3, 0.4) is 0 Å². The molecule has 0 radical (unpaired) electrons. The summed E-state index contributed by atoms with van der Waals surface area (Å²) in [7, 11) is 0. The molecule has 0 saturated heterocycles. The molecule has 0 N–H and O–H groups in total. The van der Waals surface area contributed by atoms with E-state index in [2.05, 4.69) is 153 Å². The first-order valence-electron chi connectivity index (χ1n) is 17.5. The van der Waals surface area contributed by atoms with Crippen molar-refractivity contribution in [2.45, 2.75) is 58.8 Å². The van der Waals surface area contributed by atoms with E-state index in [1.807, 2.05) is 12.2 Å². The van der Waals surface area contributed by atoms with Crippen molar-refractivity contribution in [1.29, 1.82) is 0 Å². The van der Waals surface area contributed by atoms with Crippen molar-refractivity contribution in [3.63, 3.8) is 0 Å². The second-order valence-corrected chi connectivity index (χ2v) is 14.4. The van der Waals surface area contributed by atoms with Gasteiger partial charge in [-0.25, -0.2) is 12.2 Å². The average Bonchev–Trinajstić information content (AvgIpc) is 3.87. The average molecular weight is 858 g/mol. The predicted molar refractivity (Wildman–Crippen MR) is 207 cm³/mol. The van der Waals surface area contributed by atoms with E-state index in [1.54, 1.807) is 0 Å². The van der Waals surface area contributed by atoms with E-state index >= 15 is 0 Å². The Kier molecular flexibility index (Phi) is 15.5. The number of benzene rings is 6. The predicted octanol–water partition coefficient (Wildman–Crippen LogP) is 6.82. The van der Waals surface area contributed by atoms with Gasteiger partial charge in [0, 0.05) is 0 Å². The molecule has 0 aromatic heterocycles. The van der Waals surface area contributed by atoms with E-state index in [1.165, 1.54) is 107 Å². The van der Waals surface area contributed by atoms with Gasteiger partial charge in [0.25, 0.3) is 0 Å². The molecule has 0 bridgehead atoms. The quantitative estimate of drug-likeness (QED) is 0.0896. The maximum absolute atomic E-state index is 2.99. The monoisotopic (exact) mass is 858 g/mol. The molecule has 8 rings (SSSR count). The van der Waals surface area contributed by atoms with Crippen molar-refractivity contribution in [3.8, 4) is 0 Å². The maximum Gasteiger partial charge on any atom is -0.0255 e. The van der Waals surface area contributed by atoms with E-state index in [0.29, 0.717) is 0 Å². The Hall–Kier alpha value is -3.49. The van der Waals surface area contributed by atoms with Crippen LogP contribution in [-0.4, -0.2) is 3.26 Å². The molecule has 7 aromatic rings. The molecular formula is C47H44Cl2Hf-2. The molecule has 0 heterocycles. The zero-order chi connectivity index (χ0) is 33.1. The van der Waals surface area contributed by atoms with Crippen LogP contribution in [0.4, 0.5) is 0 Å². The number of fused-ring (bicyclic) bond motifs is 8. The van der Waals surface area contributed by atoms with Gasteiger partial charge in [-0.1, -0.05) is 77.5 Å². The topological polar surface area (TPSA) is 0 Å². The summed E-state index contributed by atoms with van der Waals surface area (Å²) in [5.74, 6) is 0. The van der Waals surface area contributed by atoms with E-state index in [-0.39, 0.29) is 24.8 Å². The van der Waals surface area contributed by atoms with Gasteiger partial charge in [-0.05, 0) is 10.8 Å². The van der Waals surface area contributed by atoms with Crippen LogP contribution < -0.4 is 24.8 Å². The summed E-state index contributed by atoms with van der Waals surface area (Å²) in [5, 5.41) is 10.8. The number of hydrogen-bond acceptors (Lipinski definition) is 0. The van der Waals surface area contributed by atoms with Crippen LogP contribution in [0.15, 0.2) is 146 Å². The molecule has 252 valence electrons. The van der Waals surface area contributed by atoms with Crippen LogP contribution >= 0.6 is 0 Å². The van der Waals surface area contributed by atoms with Crippen LogP contribution in [0.1, 0.15) is 68.2 Å². The number of rotatable bonds is 8. The van der Waals surface area contributed by atoms with Gasteiger partial charge in [0.2, 0.25) is 0 Å². The van der Waals surface area contributed by atoms with Crippen molar-refractivity contribution in [3.05, 3.63) is 174 Å². The molecule has 0 unspecified atom stereocenters. The SMILES string of the molecule is CCCCc1ccc([C](=[Hf+2])c2ccc(CCCC)cc2)cc1.[C-]1=CC=CC1.[Cl-].[Cl-].c1ccc2c(c1)[cH-]c1c3ccccc3c3ccccc3c21. The minimum Gasteiger partial charge on any atom is -1.00 e. The van der Waals surface area contributed by atoms with E-state index in [9.17, 15) is 0 Å². The third-order valence-corrected chi connectivity index (χ3v) is 11.3. The largest absolute Gasteiger partial charge is 1.00 e. The summed E-state index contributed by atoms with van der Waals surface area (Å²) in [4.78, 5) is 0. The van der Waals surface area contributed by atoms with Crippen molar-refractivity contribution < 1.29 is 48.7 Å². The summed E-state index contributed by atoms with van der Waals surface area (Å²) in [6.07, 6.45) is 17.5. The van der Waals surface area contributed by atoms with Gasteiger partial charge < -0.3 is 24.8 Å². The van der Waals surface area contributed by atoms with Crippen LogP contribution in [-0.2, 0) is 36.7 Å². The van der Waals surface area contributed by atoms with Gasteiger partial charge in [-0.2, -0.15) is 6.08 Å². The van der Waals surface area contributed by atoms with Crippen molar-refractivity contribution in [2.75, 3.05) is 0 Å². The van der Waals surface area contributed by atoms with Crippen molar-refractivity contribution in [1.82, 2.24) is 0 Å². The molecule has 0 atom stereocenters. The Morgan fingerprint density at radius 1 is 0.600 bits per heavy atom. The Bertz CT molecular complexity index is 2120. The molecule has 1 aliphatic rings. The first-order chi connectivity index (χ1) is 23.7. The fraction of sp³-hybridized carbons (Fsp3) is 0.191. The Labute approximate surface area is 325 Å². The first-order valence-corrected chi connectivity index (χ1v) is 19.3. The Morgan fingerprint density at radius 3 is 1.56 bits per heavy atom. The molecule has 1 aliphatic carbocycles. The molecule has 0 spiro atoms. The molecule has 0 saturated carbocycles. The zero-order valence-corrected chi connectivity index (χ0v) is 34.2. The van der Waals surface area contributed by atoms with E-state index in [0.717, 1.165) is 30.3 Å². The summed E-state index contributed by atoms with van der Waals surface area (Å²) >= 11 is 1.08. The summed E-state index contributed by atoms with van der Waals surface area (Å²) < 4.78 is 1.50. The molecule has 50 heavy (non-hydrogen) atoms. The Balaban J connectivity index is 0.000000190. The molecule has 0 amide bonds. The third kappa shape index (κ3) is 9.43. The molecule has 3 heteroatoms. The van der Waals surface area contributed by atoms with Crippen LogP contribution in [0, 0.1) is 6.08 Å². The van der Waals surface area contributed by atoms with Crippen LogP contribution in [0.5, 0.6) is 0 Å². The van der Waals surface area contributed by atoms with Gasteiger partial charge in [0.1, 0.15) is 0 Å². The van der Waals surface area contributed by atoms with Gasteiger partial charge >= 0.3 is 150 Å². The zero-order valence-electron chi connectivity index (χ0n) is 29.1. The fourth-order valence-corrected chi connectivity index (χ4v) is 7.76. The molecule has 0 fully saturated rings. The number of allylic oxidation sites excluding steroid dienone is 4. The van der Waals surface area contributed by atoms with Gasteiger partial charge in [-0.3, -0.25) is 6.08 Å². The van der Waals surface area contributed by atoms with Gasteiger partial charge in [0.15, 0.2) is 0 Å². The minimum absolute atomic E-state index is 0. The summed E-state index contributed by atoms with van der Waals surface area (Å²) in [6, 6.07) is 46.9. The number of halogens is 2. The summed E-state index contributed by atoms with van der Waals surface area (Å²) in [5.41, 5.74) is 5.73. The van der Waals surface area contributed by atoms with Crippen molar-refractivity contribution >= 4 is 46.3 Å². The molecular weight excluding hydrogens is 814 g/mol. The van der Waals surface area contributed by atoms with Gasteiger partial charge in [-0.15, -0.1) is 40.1 Å². The molecule has 7 aromatic carbocycles. The summed E-state index contributed by atoms with van der Waals surface area (Å²) in [6.45, 7) is 4.50. The van der Waals surface area contributed by atoms with Crippen molar-refractivity contribution in [2.24, 2.45) is 0 Å². The number of unbranched alkanes of at least 4 members (excludes halogenated alkanes) is 2. The maximum atomic E-state index is 2.99. The fourth-order valence-electron chi connectivity index (χ4n) is 6.56. The standard InChI is InChI=1S/C21H13.C21H26.C5H5.2ClH.Hf/c1-2-8-15-14(7-1)13-20-18-11-4-3-9-16(18)17-10-5-6-12-19(17)21(15)20;1-3-5-7-18-9-13-20(14-10-18)17-21-15-11-19(12-16-21)8-6-4-2;1-2-4-5-3-1;;;/h1-13H;9-16H,3-8H2,1-2H3;1-3H,4H2;2*1H;/q-1;;-1;;;+2/p-2. The number of hydrogen-bond donors (Lipinski definition) is 0. The number of aryl methyl sites for hydroxylation is 2. The third-order valence-electron chi connectivity index (χ3n) is 9.21. The minimum atomic E-state index is 0. The molecule has 0 aliphatic heterocycles. The Morgan fingerprint density at radius 2 is 1.08 bits per heavy atom. The van der Waals surface area contributed by atoms with E-state index < -0.39 is 0 Å². The normalized spacial score (nSPS) is 11.4. The molecule has 0 nitrogen and oxygen atoms in total. The van der Waals surface area contributed by atoms with Gasteiger partial charge in [0.05, 0.1) is 0 Å². The van der Waals surface area contributed by atoms with Crippen LogP contribution in [0.2, 0.25) is 0 Å². The second-order valence-electron chi connectivity index (χ2n) is 12.6. The first kappa shape index (κ1) is 39.3. The van der Waals surface area contributed by atoms with Crippen LogP contribution in [0.25, 0.3) is 43.1 Å². The smallest absolute Gasteiger partial charge is 0.0255 e. The second kappa shape index (κ2) is 19.8.